The molecule has 28 heavy (non-hydrogen) atoms. The fourth-order valence-electron chi connectivity index (χ4n) is 3.26. The van der Waals surface area contributed by atoms with Gasteiger partial charge in [-0.15, -0.1) is 0 Å². The molecule has 3 N–H and O–H groups in total. The smallest absolute Gasteiger partial charge is 0.241 e. The Kier molecular flexibility index (Phi) is 5.61. The number of nitrogens with one attached hydrogen (secondary N) is 3. The van der Waals surface area contributed by atoms with E-state index in [0.717, 1.165) is 22.1 Å². The molecule has 1 aromatic heterocycles. The molecule has 0 fully saturated rings. The summed E-state index contributed by atoms with van der Waals surface area (Å²) in [4.78, 5) is 3.37. The van der Waals surface area contributed by atoms with Gasteiger partial charge in [0.2, 0.25) is 10.0 Å². The van der Waals surface area contributed by atoms with E-state index < -0.39 is 15.6 Å². The van der Waals surface area contributed by atoms with Gasteiger partial charge in [0, 0.05) is 28.2 Å². The van der Waals surface area contributed by atoms with Gasteiger partial charge in [-0.05, 0) is 82.2 Å². The molecule has 7 heteroatoms. The molecule has 2 aromatic carbocycles. The van der Waals surface area contributed by atoms with E-state index in [9.17, 15) is 12.8 Å². The Balaban J connectivity index is 2.10. The Bertz CT molecular complexity index is 1100. The number of rotatable bonds is 6. The van der Waals surface area contributed by atoms with Gasteiger partial charge in [-0.3, -0.25) is 0 Å². The number of likely N-dealkylation sites (N-methyl/N-ethyl adjacent to an activating group) is 1. The Hall–Kier alpha value is -2.22. The van der Waals surface area contributed by atoms with E-state index in [4.69, 9.17) is 0 Å². The molecule has 0 saturated carbocycles. The molecule has 0 aliphatic rings. The maximum Gasteiger partial charge on any atom is 0.241 e. The quantitative estimate of drug-likeness (QED) is 0.586. The predicted molar refractivity (Wildman–Crippen MR) is 111 cm³/mol. The molecule has 1 heterocycles. The lowest BCUT2D eigenvalue weighted by Crippen LogP contribution is -2.40. The minimum atomic E-state index is -3.65. The van der Waals surface area contributed by atoms with Crippen LogP contribution in [0.1, 0.15) is 26.3 Å². The summed E-state index contributed by atoms with van der Waals surface area (Å²) in [5.74, 6) is -0.301. The zero-order valence-corrected chi connectivity index (χ0v) is 17.4. The number of hydrogen-bond donors (Lipinski definition) is 3. The van der Waals surface area contributed by atoms with Crippen LogP contribution in [-0.4, -0.2) is 32.5 Å². The van der Waals surface area contributed by atoms with Gasteiger partial charge in [-0.25, -0.2) is 17.5 Å². The summed E-state index contributed by atoms with van der Waals surface area (Å²) in [6.07, 6.45) is 2.39. The average Bonchev–Trinajstić information content (AvgIpc) is 3.00. The lowest BCUT2D eigenvalue weighted by Gasteiger charge is -2.22. The summed E-state index contributed by atoms with van der Waals surface area (Å²) in [7, 11) is -1.81. The lowest BCUT2D eigenvalue weighted by molar-refractivity contribution is 0.491. The molecule has 0 radical (unpaired) electrons. The van der Waals surface area contributed by atoms with Crippen molar-refractivity contribution < 1.29 is 12.8 Å². The second-order valence-electron chi connectivity index (χ2n) is 7.92. The second-order valence-corrected chi connectivity index (χ2v) is 9.57. The van der Waals surface area contributed by atoms with Crippen molar-refractivity contribution in [2.75, 3.05) is 13.6 Å². The second kappa shape index (κ2) is 7.66. The molecule has 0 amide bonds. The Morgan fingerprint density at radius 1 is 1.11 bits per heavy atom. The average molecular weight is 404 g/mol. The van der Waals surface area contributed by atoms with Crippen LogP contribution in [0, 0.1) is 5.82 Å². The van der Waals surface area contributed by atoms with Gasteiger partial charge >= 0.3 is 0 Å². The van der Waals surface area contributed by atoms with E-state index in [0.29, 0.717) is 18.5 Å². The Labute approximate surface area is 165 Å². The van der Waals surface area contributed by atoms with Crippen molar-refractivity contribution in [3.8, 4) is 11.1 Å². The monoisotopic (exact) mass is 403 g/mol. The van der Waals surface area contributed by atoms with Crippen molar-refractivity contribution in [2.45, 2.75) is 37.6 Å². The molecular weight excluding hydrogens is 377 g/mol. The largest absolute Gasteiger partial charge is 0.360 e. The predicted octanol–water partition coefficient (Wildman–Crippen LogP) is 3.81. The summed E-state index contributed by atoms with van der Waals surface area (Å²) in [6.45, 7) is 6.10. The molecule has 150 valence electrons. The zero-order valence-electron chi connectivity index (χ0n) is 16.6. The third-order valence-corrected chi connectivity index (χ3v) is 6.25. The van der Waals surface area contributed by atoms with Crippen molar-refractivity contribution in [3.05, 3.63) is 54.0 Å². The van der Waals surface area contributed by atoms with Gasteiger partial charge in [-0.1, -0.05) is 6.07 Å². The van der Waals surface area contributed by atoms with Crippen LogP contribution in [-0.2, 0) is 16.4 Å². The molecule has 0 bridgehead atoms. The summed E-state index contributed by atoms with van der Waals surface area (Å²) < 4.78 is 42.0. The molecule has 0 saturated heterocycles. The number of H-pyrrole nitrogens is 1. The van der Waals surface area contributed by atoms with E-state index >= 15 is 0 Å². The van der Waals surface area contributed by atoms with E-state index in [1.54, 1.807) is 18.2 Å². The van der Waals surface area contributed by atoms with Gasteiger partial charge in [0.1, 0.15) is 5.82 Å². The first-order valence-electron chi connectivity index (χ1n) is 9.19. The highest BCUT2D eigenvalue weighted by atomic mass is 32.2. The Morgan fingerprint density at radius 2 is 1.86 bits per heavy atom. The minimum absolute atomic E-state index is 0.285. The maximum absolute atomic E-state index is 13.5. The molecule has 0 aliphatic heterocycles. The number of aromatic nitrogens is 1. The summed E-state index contributed by atoms with van der Waals surface area (Å²) in [6, 6.07) is 9.96. The molecule has 3 rings (SSSR count). The van der Waals surface area contributed by atoms with Crippen molar-refractivity contribution in [2.24, 2.45) is 0 Å². The van der Waals surface area contributed by atoms with Gasteiger partial charge in [0.25, 0.3) is 0 Å². The minimum Gasteiger partial charge on any atom is -0.360 e. The zero-order chi connectivity index (χ0) is 20.5. The van der Waals surface area contributed by atoms with Crippen LogP contribution in [0.5, 0.6) is 0 Å². The summed E-state index contributed by atoms with van der Waals surface area (Å²) in [5, 5.41) is 3.96. The highest BCUT2D eigenvalue weighted by Gasteiger charge is 2.25. The summed E-state index contributed by atoms with van der Waals surface area (Å²) >= 11 is 0. The molecule has 5 nitrogen and oxygen atoms in total. The highest BCUT2D eigenvalue weighted by molar-refractivity contribution is 7.89. The van der Waals surface area contributed by atoms with E-state index in [1.807, 2.05) is 40.1 Å². The van der Waals surface area contributed by atoms with E-state index in [2.05, 4.69) is 15.0 Å². The van der Waals surface area contributed by atoms with E-state index in [1.165, 1.54) is 12.1 Å². The van der Waals surface area contributed by atoms with Crippen LogP contribution in [0.15, 0.2) is 47.5 Å². The molecule has 0 aliphatic carbocycles. The lowest BCUT2D eigenvalue weighted by atomic mass is 10.0. The molecule has 0 atom stereocenters. The van der Waals surface area contributed by atoms with Crippen molar-refractivity contribution in [1.29, 1.82) is 0 Å². The first-order chi connectivity index (χ1) is 13.1. The number of hydrogen-bond acceptors (Lipinski definition) is 3. The number of aromatic amines is 1. The van der Waals surface area contributed by atoms with Gasteiger partial charge in [0.15, 0.2) is 0 Å². The van der Waals surface area contributed by atoms with E-state index in [-0.39, 0.29) is 10.7 Å². The number of sulfonamides is 1. The van der Waals surface area contributed by atoms with Crippen molar-refractivity contribution >= 4 is 20.9 Å². The van der Waals surface area contributed by atoms with Crippen LogP contribution >= 0.6 is 0 Å². The number of halogens is 1. The molecule has 3 aromatic rings. The molecule has 0 unspecified atom stereocenters. The third kappa shape index (κ3) is 4.43. The van der Waals surface area contributed by atoms with Crippen molar-refractivity contribution in [3.63, 3.8) is 0 Å². The van der Waals surface area contributed by atoms with Gasteiger partial charge in [0.05, 0.1) is 4.90 Å². The van der Waals surface area contributed by atoms with Crippen molar-refractivity contribution in [1.82, 2.24) is 15.0 Å². The Morgan fingerprint density at radius 3 is 2.54 bits per heavy atom. The van der Waals surface area contributed by atoms with Gasteiger partial charge in [-0.2, -0.15) is 0 Å². The molecule has 0 spiro atoms. The van der Waals surface area contributed by atoms with Crippen LogP contribution in [0.3, 0.4) is 0 Å². The third-order valence-electron chi connectivity index (χ3n) is 4.39. The number of fused-ring (bicyclic) bond motifs is 1. The standard InChI is InChI=1S/C21H26FN3O2S/c1-21(2,3)25-28(26,27)20-8-5-14(11-15(20)9-10-23-4)18-13-24-19-12-16(22)6-7-17(18)19/h5-8,11-13,23-25H,9-10H2,1-4H3. The summed E-state index contributed by atoms with van der Waals surface area (Å²) in [5.41, 5.74) is 2.67. The maximum atomic E-state index is 13.5. The topological polar surface area (TPSA) is 74.0 Å². The van der Waals surface area contributed by atoms with Crippen LogP contribution in [0.2, 0.25) is 0 Å². The van der Waals surface area contributed by atoms with Crippen LogP contribution in [0.4, 0.5) is 4.39 Å². The van der Waals surface area contributed by atoms with Gasteiger partial charge < -0.3 is 10.3 Å². The molecular formula is C21H26FN3O2S. The first kappa shape index (κ1) is 20.5. The highest BCUT2D eigenvalue weighted by Crippen LogP contribution is 2.31. The first-order valence-corrected chi connectivity index (χ1v) is 10.7. The van der Waals surface area contributed by atoms with Crippen LogP contribution < -0.4 is 10.0 Å². The number of benzene rings is 2. The fraction of sp³-hybridized carbons (Fsp3) is 0.333. The fourth-order valence-corrected chi connectivity index (χ4v) is 4.93. The van der Waals surface area contributed by atoms with Crippen LogP contribution in [0.25, 0.3) is 22.0 Å². The normalized spacial score (nSPS) is 12.6. The SMILES string of the molecule is CNCCc1cc(-c2c[nH]c3cc(F)ccc23)ccc1S(=O)(=O)NC(C)(C)C.